The molecule has 2 amide bonds. The van der Waals surface area contributed by atoms with Crippen molar-refractivity contribution in [2.24, 2.45) is 0 Å². The summed E-state index contributed by atoms with van der Waals surface area (Å²) in [4.78, 5) is 30.2. The molecule has 148 valence electrons. The molecular formula is C23H34N2O2. The highest BCUT2D eigenvalue weighted by molar-refractivity contribution is 6.09. The molecule has 4 nitrogen and oxygen atoms in total. The van der Waals surface area contributed by atoms with E-state index in [-0.39, 0.29) is 17.9 Å². The number of anilines is 1. The van der Waals surface area contributed by atoms with Gasteiger partial charge in [-0.3, -0.25) is 9.59 Å². The fourth-order valence-electron chi connectivity index (χ4n) is 4.75. The van der Waals surface area contributed by atoms with Crippen molar-refractivity contribution in [3.63, 3.8) is 0 Å². The second kappa shape index (κ2) is 7.65. The van der Waals surface area contributed by atoms with Crippen LogP contribution in [0.15, 0.2) is 18.2 Å². The Labute approximate surface area is 163 Å². The van der Waals surface area contributed by atoms with E-state index >= 15 is 0 Å². The van der Waals surface area contributed by atoms with Crippen LogP contribution in [-0.4, -0.2) is 35.3 Å². The second-order valence-electron chi connectivity index (χ2n) is 8.91. The molecule has 0 saturated heterocycles. The summed E-state index contributed by atoms with van der Waals surface area (Å²) in [5.74, 6) is 0.241. The predicted molar refractivity (Wildman–Crippen MR) is 110 cm³/mol. The lowest BCUT2D eigenvalue weighted by atomic mass is 9.85. The molecule has 0 spiro atoms. The number of amides is 2. The summed E-state index contributed by atoms with van der Waals surface area (Å²) in [6.07, 6.45) is 6.79. The van der Waals surface area contributed by atoms with Crippen molar-refractivity contribution in [2.45, 2.75) is 90.6 Å². The molecule has 1 saturated carbocycles. The van der Waals surface area contributed by atoms with Crippen LogP contribution in [0.25, 0.3) is 0 Å². The highest BCUT2D eigenvalue weighted by Crippen LogP contribution is 2.42. The van der Waals surface area contributed by atoms with Gasteiger partial charge < -0.3 is 9.80 Å². The van der Waals surface area contributed by atoms with Gasteiger partial charge in [-0.05, 0) is 64.7 Å². The van der Waals surface area contributed by atoms with Gasteiger partial charge in [-0.2, -0.15) is 0 Å². The van der Waals surface area contributed by atoms with Crippen molar-refractivity contribution < 1.29 is 9.59 Å². The largest absolute Gasteiger partial charge is 0.333 e. The Kier molecular flexibility index (Phi) is 5.64. The number of carbonyl (C=O) groups is 2. The van der Waals surface area contributed by atoms with Crippen LogP contribution in [0.3, 0.4) is 0 Å². The van der Waals surface area contributed by atoms with Crippen LogP contribution in [0, 0.1) is 0 Å². The first-order valence-electron chi connectivity index (χ1n) is 10.6. The molecule has 1 aromatic rings. The fourth-order valence-corrected chi connectivity index (χ4v) is 4.75. The summed E-state index contributed by atoms with van der Waals surface area (Å²) in [6, 6.07) is 6.39. The molecule has 27 heavy (non-hydrogen) atoms. The summed E-state index contributed by atoms with van der Waals surface area (Å²) >= 11 is 0. The van der Waals surface area contributed by atoms with Gasteiger partial charge >= 0.3 is 0 Å². The molecular weight excluding hydrogens is 336 g/mol. The smallest absolute Gasteiger partial charge is 0.254 e. The van der Waals surface area contributed by atoms with E-state index in [1.807, 2.05) is 36.9 Å². The Morgan fingerprint density at radius 1 is 1.22 bits per heavy atom. The van der Waals surface area contributed by atoms with Gasteiger partial charge in [0.2, 0.25) is 5.91 Å². The minimum atomic E-state index is -0.521. The van der Waals surface area contributed by atoms with E-state index in [0.29, 0.717) is 18.2 Å². The molecule has 1 fully saturated rings. The van der Waals surface area contributed by atoms with Crippen molar-refractivity contribution in [1.29, 1.82) is 0 Å². The van der Waals surface area contributed by atoms with Gasteiger partial charge in [-0.25, -0.2) is 0 Å². The summed E-state index contributed by atoms with van der Waals surface area (Å²) in [5.41, 5.74) is 2.14. The number of rotatable bonds is 5. The summed E-state index contributed by atoms with van der Waals surface area (Å²) in [6.45, 7) is 11.0. The minimum absolute atomic E-state index is 0.105. The van der Waals surface area contributed by atoms with E-state index in [1.165, 1.54) is 19.3 Å². The summed E-state index contributed by atoms with van der Waals surface area (Å²) in [7, 11) is 0. The molecule has 0 unspecified atom stereocenters. The monoisotopic (exact) mass is 370 g/mol. The molecule has 0 aromatic heterocycles. The molecule has 2 aliphatic rings. The molecule has 3 rings (SSSR count). The van der Waals surface area contributed by atoms with Gasteiger partial charge in [0.15, 0.2) is 0 Å². The van der Waals surface area contributed by atoms with Gasteiger partial charge in [-0.1, -0.05) is 32.3 Å². The minimum Gasteiger partial charge on any atom is -0.333 e. The Balaban J connectivity index is 1.95. The van der Waals surface area contributed by atoms with Gasteiger partial charge in [-0.15, -0.1) is 0 Å². The van der Waals surface area contributed by atoms with Gasteiger partial charge in [0.25, 0.3) is 5.91 Å². The number of hydrogen-bond acceptors (Lipinski definition) is 2. The number of hydrogen-bond donors (Lipinski definition) is 0. The molecule has 1 aromatic carbocycles. The first-order chi connectivity index (χ1) is 12.8. The standard InChI is InChI=1S/C23H34N2O2/c1-6-14-24-20-15-17(12-13-19(20)23(4,5)22(24)27)21(26)25(16(2)3)18-10-8-7-9-11-18/h12-13,15-16,18H,6-11,14H2,1-5H3. The molecule has 0 bridgehead atoms. The van der Waals surface area contributed by atoms with Crippen molar-refractivity contribution in [2.75, 3.05) is 11.4 Å². The molecule has 0 atom stereocenters. The molecule has 1 aliphatic carbocycles. The quantitative estimate of drug-likeness (QED) is 0.739. The molecule has 1 aliphatic heterocycles. The van der Waals surface area contributed by atoms with Crippen molar-refractivity contribution in [1.82, 2.24) is 4.90 Å². The number of fused-ring (bicyclic) bond motifs is 1. The van der Waals surface area contributed by atoms with Gasteiger partial charge in [0.1, 0.15) is 0 Å². The number of carbonyl (C=O) groups excluding carboxylic acids is 2. The van der Waals surface area contributed by atoms with Crippen molar-refractivity contribution in [3.8, 4) is 0 Å². The molecule has 4 heteroatoms. The Bertz CT molecular complexity index is 717. The zero-order valence-electron chi connectivity index (χ0n) is 17.5. The van der Waals surface area contributed by atoms with Crippen LogP contribution in [0.1, 0.15) is 89.1 Å². The third-order valence-electron chi connectivity index (χ3n) is 6.19. The Hall–Kier alpha value is -1.84. The van der Waals surface area contributed by atoms with E-state index in [9.17, 15) is 9.59 Å². The van der Waals surface area contributed by atoms with Crippen LogP contribution < -0.4 is 4.90 Å². The maximum atomic E-state index is 13.4. The topological polar surface area (TPSA) is 40.6 Å². The maximum Gasteiger partial charge on any atom is 0.254 e. The first kappa shape index (κ1) is 19.9. The lowest BCUT2D eigenvalue weighted by molar-refractivity contribution is -0.122. The summed E-state index contributed by atoms with van der Waals surface area (Å²) in [5, 5.41) is 0. The first-order valence-corrected chi connectivity index (χ1v) is 10.6. The lowest BCUT2D eigenvalue weighted by Crippen LogP contribution is -2.45. The maximum absolute atomic E-state index is 13.4. The lowest BCUT2D eigenvalue weighted by Gasteiger charge is -2.37. The van der Waals surface area contributed by atoms with Crippen LogP contribution in [-0.2, 0) is 10.2 Å². The van der Waals surface area contributed by atoms with E-state index < -0.39 is 5.41 Å². The Morgan fingerprint density at radius 3 is 2.48 bits per heavy atom. The highest BCUT2D eigenvalue weighted by atomic mass is 16.2. The van der Waals surface area contributed by atoms with Crippen LogP contribution in [0.5, 0.6) is 0 Å². The zero-order valence-corrected chi connectivity index (χ0v) is 17.5. The van der Waals surface area contributed by atoms with Gasteiger partial charge in [0.05, 0.1) is 5.41 Å². The van der Waals surface area contributed by atoms with Gasteiger partial charge in [0, 0.05) is 29.9 Å². The average Bonchev–Trinajstić information content (AvgIpc) is 2.83. The van der Waals surface area contributed by atoms with Crippen molar-refractivity contribution >= 4 is 17.5 Å². The normalized spacial score (nSPS) is 19.5. The van der Waals surface area contributed by atoms with Crippen LogP contribution >= 0.6 is 0 Å². The van der Waals surface area contributed by atoms with Crippen molar-refractivity contribution in [3.05, 3.63) is 29.3 Å². The van der Waals surface area contributed by atoms with Crippen LogP contribution in [0.4, 0.5) is 5.69 Å². The SMILES string of the molecule is CCCN1C(=O)C(C)(C)c2ccc(C(=O)N(C(C)C)C3CCCCC3)cc21. The third kappa shape index (κ3) is 3.51. The fraction of sp³-hybridized carbons (Fsp3) is 0.652. The number of nitrogens with zero attached hydrogens (tertiary/aromatic N) is 2. The number of benzene rings is 1. The van der Waals surface area contributed by atoms with E-state index in [1.54, 1.807) is 0 Å². The zero-order chi connectivity index (χ0) is 19.8. The average molecular weight is 371 g/mol. The molecule has 0 N–H and O–H groups in total. The molecule has 1 heterocycles. The predicted octanol–water partition coefficient (Wildman–Crippen LogP) is 4.90. The molecule has 0 radical (unpaired) electrons. The van der Waals surface area contributed by atoms with E-state index in [2.05, 4.69) is 25.7 Å². The summed E-state index contributed by atoms with van der Waals surface area (Å²) < 4.78 is 0. The van der Waals surface area contributed by atoms with Crippen LogP contribution in [0.2, 0.25) is 0 Å². The highest BCUT2D eigenvalue weighted by Gasteiger charge is 2.43. The second-order valence-corrected chi connectivity index (χ2v) is 8.91. The van der Waals surface area contributed by atoms with E-state index in [0.717, 1.165) is 30.5 Å². The third-order valence-corrected chi connectivity index (χ3v) is 6.19. The Morgan fingerprint density at radius 2 is 1.89 bits per heavy atom. The van der Waals surface area contributed by atoms with E-state index in [4.69, 9.17) is 0 Å².